The molecule has 1 heterocycles. The molecule has 1 saturated heterocycles. The maximum absolute atomic E-state index is 11.7. The van der Waals surface area contributed by atoms with E-state index >= 15 is 0 Å². The van der Waals surface area contributed by atoms with E-state index in [4.69, 9.17) is 19.3 Å². The van der Waals surface area contributed by atoms with Crippen LogP contribution in [0.25, 0.3) is 0 Å². The number of carboxylic acids is 1. The van der Waals surface area contributed by atoms with Gasteiger partial charge in [0.15, 0.2) is 6.10 Å². The molecule has 19 heavy (non-hydrogen) atoms. The molecule has 1 aliphatic rings. The summed E-state index contributed by atoms with van der Waals surface area (Å²) in [7, 11) is 1.28. The van der Waals surface area contributed by atoms with Gasteiger partial charge >= 0.3 is 5.97 Å². The summed E-state index contributed by atoms with van der Waals surface area (Å²) < 4.78 is 15.5. The second-order valence-corrected chi connectivity index (χ2v) is 4.42. The third kappa shape index (κ3) is 5.54. The normalized spacial score (nSPS) is 21.9. The molecule has 1 amide bonds. The van der Waals surface area contributed by atoms with Gasteiger partial charge < -0.3 is 24.6 Å². The Balaban J connectivity index is 2.21. The summed E-state index contributed by atoms with van der Waals surface area (Å²) >= 11 is 0. The molecule has 1 fully saturated rings. The van der Waals surface area contributed by atoms with Crippen LogP contribution < -0.4 is 5.32 Å². The molecule has 0 aromatic rings. The summed E-state index contributed by atoms with van der Waals surface area (Å²) in [6.07, 6.45) is 0.327. The average molecular weight is 275 g/mol. The minimum absolute atomic E-state index is 0.0565. The molecule has 1 rings (SSSR count). The maximum Gasteiger partial charge on any atom is 0.334 e. The summed E-state index contributed by atoms with van der Waals surface area (Å²) in [5.41, 5.74) is 0. The highest BCUT2D eigenvalue weighted by molar-refractivity contribution is 5.81. The van der Waals surface area contributed by atoms with Crippen molar-refractivity contribution in [2.75, 3.05) is 26.9 Å². The van der Waals surface area contributed by atoms with Gasteiger partial charge in [-0.05, 0) is 19.8 Å². The van der Waals surface area contributed by atoms with Gasteiger partial charge in [0.2, 0.25) is 5.91 Å². The van der Waals surface area contributed by atoms with Crippen molar-refractivity contribution in [3.8, 4) is 0 Å². The highest BCUT2D eigenvalue weighted by Gasteiger charge is 2.22. The zero-order valence-electron chi connectivity index (χ0n) is 11.3. The number of carboxylic acid groups (broad SMARTS) is 1. The van der Waals surface area contributed by atoms with Gasteiger partial charge in [-0.25, -0.2) is 4.79 Å². The van der Waals surface area contributed by atoms with E-state index in [1.807, 2.05) is 0 Å². The third-order valence-electron chi connectivity index (χ3n) is 2.95. The van der Waals surface area contributed by atoms with Crippen LogP contribution in [0.5, 0.6) is 0 Å². The Kier molecular flexibility index (Phi) is 6.75. The van der Waals surface area contributed by atoms with Crippen molar-refractivity contribution < 1.29 is 28.9 Å². The molecule has 2 N–H and O–H groups in total. The van der Waals surface area contributed by atoms with E-state index in [1.165, 1.54) is 7.11 Å². The zero-order valence-corrected chi connectivity index (χ0v) is 11.3. The first-order valence-corrected chi connectivity index (χ1v) is 6.31. The molecule has 7 heteroatoms. The molecule has 0 bridgehead atoms. The second-order valence-electron chi connectivity index (χ2n) is 4.42. The summed E-state index contributed by atoms with van der Waals surface area (Å²) in [6, 6.07) is 0. The van der Waals surface area contributed by atoms with Gasteiger partial charge in [0.05, 0.1) is 19.3 Å². The molecule has 1 aliphatic heterocycles. The fraction of sp³-hybridized carbons (Fsp3) is 0.833. The van der Waals surface area contributed by atoms with Gasteiger partial charge in [-0.3, -0.25) is 4.79 Å². The van der Waals surface area contributed by atoms with E-state index in [1.54, 1.807) is 6.92 Å². The lowest BCUT2D eigenvalue weighted by Crippen LogP contribution is -2.42. The van der Waals surface area contributed by atoms with Crippen LogP contribution in [0.2, 0.25) is 0 Å². The average Bonchev–Trinajstić information content (AvgIpc) is 2.89. The van der Waals surface area contributed by atoms with Gasteiger partial charge in [0.1, 0.15) is 6.10 Å². The van der Waals surface area contributed by atoms with Crippen LogP contribution in [0.4, 0.5) is 0 Å². The van der Waals surface area contributed by atoms with Crippen molar-refractivity contribution in [3.05, 3.63) is 0 Å². The maximum atomic E-state index is 11.7. The Labute approximate surface area is 112 Å². The van der Waals surface area contributed by atoms with E-state index in [9.17, 15) is 9.59 Å². The van der Waals surface area contributed by atoms with Crippen LogP contribution in [0.3, 0.4) is 0 Å². The van der Waals surface area contributed by atoms with E-state index in [0.29, 0.717) is 6.61 Å². The van der Waals surface area contributed by atoms with Gasteiger partial charge in [0.25, 0.3) is 0 Å². The van der Waals surface area contributed by atoms with Crippen LogP contribution in [0.1, 0.15) is 19.8 Å². The molecule has 0 saturated carbocycles. The second kappa shape index (κ2) is 8.08. The molecule has 7 nitrogen and oxygen atoms in total. The lowest BCUT2D eigenvalue weighted by Gasteiger charge is -2.17. The number of nitrogens with one attached hydrogen (secondary N) is 1. The van der Waals surface area contributed by atoms with Crippen LogP contribution in [0, 0.1) is 0 Å². The van der Waals surface area contributed by atoms with Gasteiger partial charge in [-0.15, -0.1) is 0 Å². The Morgan fingerprint density at radius 3 is 2.79 bits per heavy atom. The van der Waals surface area contributed by atoms with E-state index in [0.717, 1.165) is 19.4 Å². The number of carbonyl (C=O) groups is 2. The van der Waals surface area contributed by atoms with Crippen LogP contribution >= 0.6 is 0 Å². The van der Waals surface area contributed by atoms with E-state index < -0.39 is 18.2 Å². The molecular formula is C12H21NO6. The smallest absolute Gasteiger partial charge is 0.334 e. The SMILES string of the molecule is COC(CNC(=O)C(C)OCC1CCCO1)C(=O)O. The Morgan fingerprint density at radius 1 is 1.53 bits per heavy atom. The standard InChI is InChI=1S/C12H21NO6/c1-8(19-7-9-4-3-5-18-9)11(14)13-6-10(17-2)12(15)16/h8-10H,3-7H2,1-2H3,(H,13,14)(H,15,16). The number of aliphatic carboxylic acids is 1. The first kappa shape index (κ1) is 15.9. The molecule has 110 valence electrons. The van der Waals surface area contributed by atoms with Crippen molar-refractivity contribution in [1.29, 1.82) is 0 Å². The first-order valence-electron chi connectivity index (χ1n) is 6.31. The van der Waals surface area contributed by atoms with Crippen molar-refractivity contribution in [3.63, 3.8) is 0 Å². The minimum Gasteiger partial charge on any atom is -0.479 e. The van der Waals surface area contributed by atoms with Crippen LogP contribution in [-0.2, 0) is 23.8 Å². The molecule has 0 aliphatic carbocycles. The molecule has 0 radical (unpaired) electrons. The van der Waals surface area contributed by atoms with E-state index in [2.05, 4.69) is 5.32 Å². The summed E-state index contributed by atoms with van der Waals surface area (Å²) in [4.78, 5) is 22.4. The van der Waals surface area contributed by atoms with Gasteiger partial charge in [0, 0.05) is 13.7 Å². The summed E-state index contributed by atoms with van der Waals surface area (Å²) in [5.74, 6) is -1.47. The first-order chi connectivity index (χ1) is 9.04. The van der Waals surface area contributed by atoms with Crippen LogP contribution in [-0.4, -0.2) is 62.2 Å². The Hall–Kier alpha value is -1.18. The van der Waals surface area contributed by atoms with Crippen molar-refractivity contribution in [2.24, 2.45) is 0 Å². The largest absolute Gasteiger partial charge is 0.479 e. The third-order valence-corrected chi connectivity index (χ3v) is 2.95. The molecular weight excluding hydrogens is 254 g/mol. The van der Waals surface area contributed by atoms with Crippen molar-refractivity contribution in [1.82, 2.24) is 5.32 Å². The van der Waals surface area contributed by atoms with Crippen LogP contribution in [0.15, 0.2) is 0 Å². The molecule has 0 aromatic carbocycles. The lowest BCUT2D eigenvalue weighted by atomic mass is 10.2. The zero-order chi connectivity index (χ0) is 14.3. The predicted molar refractivity (Wildman–Crippen MR) is 65.8 cm³/mol. The molecule has 0 spiro atoms. The van der Waals surface area contributed by atoms with Gasteiger partial charge in [-0.2, -0.15) is 0 Å². The van der Waals surface area contributed by atoms with Crippen molar-refractivity contribution in [2.45, 2.75) is 38.1 Å². The predicted octanol–water partition coefficient (Wildman–Crippen LogP) is -0.214. The topological polar surface area (TPSA) is 94.1 Å². The number of hydrogen-bond donors (Lipinski definition) is 2. The fourth-order valence-electron chi connectivity index (χ4n) is 1.71. The lowest BCUT2D eigenvalue weighted by molar-refractivity contribution is -0.148. The molecule has 3 atom stereocenters. The fourth-order valence-corrected chi connectivity index (χ4v) is 1.71. The Morgan fingerprint density at radius 2 is 2.26 bits per heavy atom. The number of amides is 1. The van der Waals surface area contributed by atoms with Crippen molar-refractivity contribution >= 4 is 11.9 Å². The monoisotopic (exact) mass is 275 g/mol. The highest BCUT2D eigenvalue weighted by atomic mass is 16.5. The van der Waals surface area contributed by atoms with E-state index in [-0.39, 0.29) is 18.6 Å². The highest BCUT2D eigenvalue weighted by Crippen LogP contribution is 2.12. The number of methoxy groups -OCH3 is 1. The number of carbonyl (C=O) groups excluding carboxylic acids is 1. The van der Waals surface area contributed by atoms with Gasteiger partial charge in [-0.1, -0.05) is 0 Å². The minimum atomic E-state index is -1.12. The number of rotatable bonds is 8. The summed E-state index contributed by atoms with van der Waals surface area (Å²) in [6.45, 7) is 2.65. The quantitative estimate of drug-likeness (QED) is 0.636. The summed E-state index contributed by atoms with van der Waals surface area (Å²) in [5, 5.41) is 11.2. The Bertz CT molecular complexity index is 303. The number of hydrogen-bond acceptors (Lipinski definition) is 5. The molecule has 0 aromatic heterocycles. The molecule has 3 unspecified atom stereocenters. The number of ether oxygens (including phenoxy) is 3.